The molecule has 0 aromatic heterocycles. The van der Waals surface area contributed by atoms with Gasteiger partial charge in [-0.3, -0.25) is 4.79 Å². The molecule has 19 heavy (non-hydrogen) atoms. The molecule has 0 aliphatic carbocycles. The van der Waals surface area contributed by atoms with Gasteiger partial charge in [-0.1, -0.05) is 30.3 Å². The van der Waals surface area contributed by atoms with Crippen molar-refractivity contribution in [3.63, 3.8) is 0 Å². The van der Waals surface area contributed by atoms with Crippen molar-refractivity contribution in [2.75, 3.05) is 5.75 Å². The van der Waals surface area contributed by atoms with Crippen LogP contribution in [-0.4, -0.2) is 26.1 Å². The maximum atomic E-state index is 11.8. The minimum absolute atomic E-state index is 0.0701. The third-order valence-corrected chi connectivity index (χ3v) is 4.31. The van der Waals surface area contributed by atoms with Crippen LogP contribution in [0, 0.1) is 0 Å². The Labute approximate surface area is 112 Å². The molecule has 0 spiro atoms. The lowest BCUT2D eigenvalue weighted by atomic mass is 10.0. The maximum absolute atomic E-state index is 11.8. The molecule has 6 heteroatoms. The molecule has 102 valence electrons. The first-order valence-corrected chi connectivity index (χ1v) is 7.69. The van der Waals surface area contributed by atoms with E-state index in [-0.39, 0.29) is 24.1 Å². The highest BCUT2D eigenvalue weighted by Crippen LogP contribution is 2.14. The summed E-state index contributed by atoms with van der Waals surface area (Å²) in [6.45, 7) is 0. The molecule has 0 bridgehead atoms. The average molecular weight is 280 g/mol. The smallest absolute Gasteiger partial charge is 0.222 e. The summed E-state index contributed by atoms with van der Waals surface area (Å²) in [5, 5.41) is 3.78. The highest BCUT2D eigenvalue weighted by molar-refractivity contribution is 7.94. The average Bonchev–Trinajstić information content (AvgIpc) is 2.69. The lowest BCUT2D eigenvalue weighted by Gasteiger charge is -2.14. The molecule has 1 aromatic rings. The summed E-state index contributed by atoms with van der Waals surface area (Å²) in [4.78, 5) is 11.8. The molecule has 1 heterocycles. The molecule has 0 fully saturated rings. The molecular formula is C13H16N2O3S. The lowest BCUT2D eigenvalue weighted by molar-refractivity contribution is -0.121. The topological polar surface area (TPSA) is 89.3 Å². The number of carbonyl (C=O) groups is 1. The van der Waals surface area contributed by atoms with E-state index in [9.17, 15) is 13.2 Å². The van der Waals surface area contributed by atoms with E-state index in [2.05, 4.69) is 5.32 Å². The van der Waals surface area contributed by atoms with Gasteiger partial charge in [0.15, 0.2) is 9.84 Å². The van der Waals surface area contributed by atoms with Gasteiger partial charge in [0.05, 0.1) is 11.8 Å². The summed E-state index contributed by atoms with van der Waals surface area (Å²) in [5.41, 5.74) is 6.81. The number of nitrogens with two attached hydrogens (primary N) is 1. The molecule has 1 aliphatic heterocycles. The van der Waals surface area contributed by atoms with Gasteiger partial charge in [0.1, 0.15) is 0 Å². The molecule has 0 radical (unpaired) electrons. The monoisotopic (exact) mass is 280 g/mol. The molecule has 0 saturated heterocycles. The van der Waals surface area contributed by atoms with Crippen LogP contribution in [0.1, 0.15) is 18.0 Å². The van der Waals surface area contributed by atoms with Crippen LogP contribution in [0.15, 0.2) is 41.8 Å². The second kappa shape index (κ2) is 5.54. The van der Waals surface area contributed by atoms with Gasteiger partial charge in [-0.05, 0) is 11.6 Å². The first-order valence-electron chi connectivity index (χ1n) is 5.97. The number of benzene rings is 1. The van der Waals surface area contributed by atoms with Crippen LogP contribution in [0.4, 0.5) is 0 Å². The summed E-state index contributed by atoms with van der Waals surface area (Å²) in [6.07, 6.45) is 1.62. The molecule has 5 nitrogen and oxygen atoms in total. The molecule has 2 rings (SSSR count). The van der Waals surface area contributed by atoms with E-state index in [0.29, 0.717) is 0 Å². The van der Waals surface area contributed by atoms with E-state index in [0.717, 1.165) is 11.0 Å². The molecule has 1 aromatic carbocycles. The number of hydrogen-bond acceptors (Lipinski definition) is 4. The summed E-state index contributed by atoms with van der Waals surface area (Å²) >= 11 is 0. The van der Waals surface area contributed by atoms with Crippen LogP contribution >= 0.6 is 0 Å². The van der Waals surface area contributed by atoms with Crippen molar-refractivity contribution in [1.29, 1.82) is 0 Å². The number of amides is 1. The summed E-state index contributed by atoms with van der Waals surface area (Å²) in [5.74, 6) is -0.317. The number of nitrogens with one attached hydrogen (secondary N) is 1. The SMILES string of the molecule is NC(CC(=O)NC1C=CS(=O)(=O)C1)c1ccccc1. The predicted molar refractivity (Wildman–Crippen MR) is 72.8 cm³/mol. The molecule has 2 atom stereocenters. The Bertz CT molecular complexity index is 581. The van der Waals surface area contributed by atoms with Crippen molar-refractivity contribution in [1.82, 2.24) is 5.32 Å². The van der Waals surface area contributed by atoms with Gasteiger partial charge in [0.25, 0.3) is 0 Å². The molecule has 1 amide bonds. The Morgan fingerprint density at radius 3 is 2.63 bits per heavy atom. The zero-order valence-electron chi connectivity index (χ0n) is 10.3. The van der Waals surface area contributed by atoms with Gasteiger partial charge in [-0.15, -0.1) is 0 Å². The van der Waals surface area contributed by atoms with Crippen LogP contribution in [-0.2, 0) is 14.6 Å². The first-order chi connectivity index (χ1) is 8.96. The van der Waals surface area contributed by atoms with Crippen LogP contribution in [0.2, 0.25) is 0 Å². The standard InChI is InChI=1S/C13H16N2O3S/c14-12(10-4-2-1-3-5-10)8-13(16)15-11-6-7-19(17,18)9-11/h1-7,11-12H,8-9,14H2,(H,15,16). The Morgan fingerprint density at radius 1 is 1.37 bits per heavy atom. The van der Waals surface area contributed by atoms with Crippen LogP contribution < -0.4 is 11.1 Å². The highest BCUT2D eigenvalue weighted by atomic mass is 32.2. The fourth-order valence-electron chi connectivity index (χ4n) is 1.95. The minimum Gasteiger partial charge on any atom is -0.349 e. The van der Waals surface area contributed by atoms with Gasteiger partial charge in [0.2, 0.25) is 5.91 Å². The van der Waals surface area contributed by atoms with Crippen molar-refractivity contribution >= 4 is 15.7 Å². The largest absolute Gasteiger partial charge is 0.349 e. The van der Waals surface area contributed by atoms with Crippen molar-refractivity contribution in [3.8, 4) is 0 Å². The lowest BCUT2D eigenvalue weighted by Crippen LogP contribution is -2.37. The molecule has 0 saturated carbocycles. The van der Waals surface area contributed by atoms with E-state index in [1.807, 2.05) is 30.3 Å². The Kier molecular flexibility index (Phi) is 4.01. The quantitative estimate of drug-likeness (QED) is 0.840. The Morgan fingerprint density at radius 2 is 2.05 bits per heavy atom. The molecule has 3 N–H and O–H groups in total. The van der Waals surface area contributed by atoms with E-state index in [4.69, 9.17) is 5.73 Å². The maximum Gasteiger partial charge on any atom is 0.222 e. The third-order valence-electron chi connectivity index (χ3n) is 2.91. The van der Waals surface area contributed by atoms with Gasteiger partial charge in [0, 0.05) is 17.9 Å². The number of hydrogen-bond donors (Lipinski definition) is 2. The number of sulfone groups is 1. The Balaban J connectivity index is 1.87. The second-order valence-corrected chi connectivity index (χ2v) is 6.48. The highest BCUT2D eigenvalue weighted by Gasteiger charge is 2.23. The van der Waals surface area contributed by atoms with Gasteiger partial charge in [-0.25, -0.2) is 8.42 Å². The van der Waals surface area contributed by atoms with Gasteiger partial charge < -0.3 is 11.1 Å². The summed E-state index contributed by atoms with van der Waals surface area (Å²) in [6, 6.07) is 8.49. The van der Waals surface area contributed by atoms with E-state index in [1.165, 1.54) is 6.08 Å². The second-order valence-electron chi connectivity index (χ2n) is 4.55. The van der Waals surface area contributed by atoms with E-state index in [1.54, 1.807) is 0 Å². The number of carbonyl (C=O) groups excluding carboxylic acids is 1. The predicted octanol–water partition coefficient (Wildman–Crippen LogP) is 0.503. The fourth-order valence-corrected chi connectivity index (χ4v) is 3.18. The van der Waals surface area contributed by atoms with Crippen LogP contribution in [0.5, 0.6) is 0 Å². The van der Waals surface area contributed by atoms with E-state index >= 15 is 0 Å². The molecule has 1 aliphatic rings. The van der Waals surface area contributed by atoms with Crippen molar-refractivity contribution in [2.45, 2.75) is 18.5 Å². The van der Waals surface area contributed by atoms with Crippen molar-refractivity contribution in [2.24, 2.45) is 5.73 Å². The van der Waals surface area contributed by atoms with Crippen LogP contribution in [0.25, 0.3) is 0 Å². The molecular weight excluding hydrogens is 264 g/mol. The van der Waals surface area contributed by atoms with Crippen LogP contribution in [0.3, 0.4) is 0 Å². The van der Waals surface area contributed by atoms with Gasteiger partial charge >= 0.3 is 0 Å². The van der Waals surface area contributed by atoms with Crippen molar-refractivity contribution < 1.29 is 13.2 Å². The van der Waals surface area contributed by atoms with Gasteiger partial charge in [-0.2, -0.15) is 0 Å². The summed E-state index contributed by atoms with van der Waals surface area (Å²) in [7, 11) is -3.15. The zero-order chi connectivity index (χ0) is 13.9. The number of rotatable bonds is 4. The molecule has 2 unspecified atom stereocenters. The summed E-state index contributed by atoms with van der Waals surface area (Å²) < 4.78 is 22.4. The van der Waals surface area contributed by atoms with E-state index < -0.39 is 15.9 Å². The zero-order valence-corrected chi connectivity index (χ0v) is 11.1. The normalized spacial score (nSPS) is 22.1. The fraction of sp³-hybridized carbons (Fsp3) is 0.308. The minimum atomic E-state index is -3.15. The Hall–Kier alpha value is -1.66. The van der Waals surface area contributed by atoms with Crippen molar-refractivity contribution in [3.05, 3.63) is 47.4 Å². The third kappa shape index (κ3) is 3.90. The first kappa shape index (κ1) is 13.8.